The summed E-state index contributed by atoms with van der Waals surface area (Å²) in [6.45, 7) is 2.49. The van der Waals surface area contributed by atoms with Crippen LogP contribution in [-0.4, -0.2) is 51.2 Å². The van der Waals surface area contributed by atoms with Gasteiger partial charge in [-0.05, 0) is 29.3 Å². The van der Waals surface area contributed by atoms with E-state index in [0.29, 0.717) is 25.4 Å². The van der Waals surface area contributed by atoms with Gasteiger partial charge in [-0.25, -0.2) is 0 Å². The summed E-state index contributed by atoms with van der Waals surface area (Å²) in [5, 5.41) is 0. The number of carbonyl (C=O) groups excluding carboxylic acids is 2. The predicted molar refractivity (Wildman–Crippen MR) is 91.3 cm³/mol. The van der Waals surface area contributed by atoms with Crippen LogP contribution in [0.1, 0.15) is 23.5 Å². The van der Waals surface area contributed by atoms with Crippen LogP contribution in [0.5, 0.6) is 0 Å². The molecule has 2 aromatic heterocycles. The molecule has 4 heterocycles. The predicted octanol–water partition coefficient (Wildman–Crippen LogP) is 1.45. The van der Waals surface area contributed by atoms with Crippen molar-refractivity contribution in [1.29, 1.82) is 0 Å². The molecule has 2 amide bonds. The topological polar surface area (TPSA) is 66.4 Å². The minimum atomic E-state index is -0.220. The maximum atomic E-state index is 12.7. The summed E-state index contributed by atoms with van der Waals surface area (Å²) in [4.78, 5) is 36.6. The molecular weight excluding hydrogens is 316 g/mol. The second-order valence-electron chi connectivity index (χ2n) is 6.76. The first-order valence-electron chi connectivity index (χ1n) is 8.56. The smallest absolute Gasteiger partial charge is 0.228 e. The average molecular weight is 336 g/mol. The molecular formula is C19H20N4O2. The Morgan fingerprint density at radius 2 is 1.88 bits per heavy atom. The van der Waals surface area contributed by atoms with E-state index < -0.39 is 0 Å². The molecule has 2 aliphatic rings. The van der Waals surface area contributed by atoms with Crippen LogP contribution in [0.4, 0.5) is 0 Å². The summed E-state index contributed by atoms with van der Waals surface area (Å²) in [6.07, 6.45) is 7.36. The molecule has 0 aliphatic carbocycles. The maximum Gasteiger partial charge on any atom is 0.228 e. The molecule has 0 saturated carbocycles. The molecule has 6 heteroatoms. The zero-order valence-corrected chi connectivity index (χ0v) is 13.9. The van der Waals surface area contributed by atoms with E-state index in [9.17, 15) is 9.59 Å². The molecule has 0 unspecified atom stereocenters. The van der Waals surface area contributed by atoms with Crippen molar-refractivity contribution >= 4 is 11.8 Å². The van der Waals surface area contributed by atoms with Gasteiger partial charge in [0.05, 0.1) is 5.92 Å². The first-order chi connectivity index (χ1) is 12.2. The maximum absolute atomic E-state index is 12.7. The molecule has 0 radical (unpaired) electrons. The van der Waals surface area contributed by atoms with Gasteiger partial charge in [0.15, 0.2) is 0 Å². The van der Waals surface area contributed by atoms with E-state index in [1.54, 1.807) is 29.7 Å². The molecule has 2 aromatic rings. The van der Waals surface area contributed by atoms with Gasteiger partial charge in [-0.2, -0.15) is 0 Å². The highest BCUT2D eigenvalue weighted by Crippen LogP contribution is 2.30. The van der Waals surface area contributed by atoms with Crippen LogP contribution in [0.3, 0.4) is 0 Å². The molecule has 0 aromatic carbocycles. The third kappa shape index (κ3) is 3.24. The van der Waals surface area contributed by atoms with E-state index >= 15 is 0 Å². The number of likely N-dealkylation sites (tertiary alicyclic amines) is 2. The van der Waals surface area contributed by atoms with E-state index in [-0.39, 0.29) is 17.7 Å². The van der Waals surface area contributed by atoms with Crippen molar-refractivity contribution in [3.05, 3.63) is 60.2 Å². The Balaban J connectivity index is 1.33. The zero-order chi connectivity index (χ0) is 17.2. The summed E-state index contributed by atoms with van der Waals surface area (Å²) in [5.74, 6) is 0.318. The lowest BCUT2D eigenvalue weighted by atomic mass is 9.90. The van der Waals surface area contributed by atoms with Crippen LogP contribution in [0.15, 0.2) is 49.1 Å². The molecule has 128 valence electrons. The third-order valence-electron chi connectivity index (χ3n) is 5.03. The minimum Gasteiger partial charge on any atom is -0.341 e. The second kappa shape index (κ2) is 6.63. The number of pyridine rings is 2. The Morgan fingerprint density at radius 3 is 2.60 bits per heavy atom. The quantitative estimate of drug-likeness (QED) is 0.848. The summed E-state index contributed by atoms with van der Waals surface area (Å²) in [5.41, 5.74) is 2.21. The van der Waals surface area contributed by atoms with E-state index in [4.69, 9.17) is 0 Å². The summed E-state index contributed by atoms with van der Waals surface area (Å²) >= 11 is 0. The van der Waals surface area contributed by atoms with E-state index in [2.05, 4.69) is 9.97 Å². The number of amides is 2. The van der Waals surface area contributed by atoms with Crippen molar-refractivity contribution in [2.75, 3.05) is 19.6 Å². The Hall–Kier alpha value is -2.76. The Kier molecular flexibility index (Phi) is 4.17. The number of aromatic nitrogens is 2. The van der Waals surface area contributed by atoms with Gasteiger partial charge < -0.3 is 9.80 Å². The van der Waals surface area contributed by atoms with Crippen molar-refractivity contribution in [2.45, 2.75) is 18.9 Å². The third-order valence-corrected chi connectivity index (χ3v) is 5.03. The van der Waals surface area contributed by atoms with Crippen LogP contribution in [0.2, 0.25) is 0 Å². The molecule has 0 N–H and O–H groups in total. The Labute approximate surface area is 146 Å². The largest absolute Gasteiger partial charge is 0.341 e. The summed E-state index contributed by atoms with van der Waals surface area (Å²) < 4.78 is 0. The van der Waals surface area contributed by atoms with E-state index in [0.717, 1.165) is 18.7 Å². The molecule has 2 aliphatic heterocycles. The molecule has 25 heavy (non-hydrogen) atoms. The van der Waals surface area contributed by atoms with Crippen molar-refractivity contribution in [3.63, 3.8) is 0 Å². The fourth-order valence-corrected chi connectivity index (χ4v) is 3.57. The SMILES string of the molecule is O=C1C[C@@H](C(=O)N2CC(c3ccncc3)C2)CN1Cc1cccnc1. The normalized spacial score (nSPS) is 20.6. The first kappa shape index (κ1) is 15.7. The monoisotopic (exact) mass is 336 g/mol. The van der Waals surface area contributed by atoms with Crippen LogP contribution in [0.25, 0.3) is 0 Å². The number of hydrogen-bond acceptors (Lipinski definition) is 4. The molecule has 2 saturated heterocycles. The highest BCUT2D eigenvalue weighted by Gasteiger charge is 2.40. The Morgan fingerprint density at radius 1 is 1.08 bits per heavy atom. The minimum absolute atomic E-state index is 0.0495. The van der Waals surface area contributed by atoms with Crippen molar-refractivity contribution < 1.29 is 9.59 Å². The van der Waals surface area contributed by atoms with Crippen LogP contribution < -0.4 is 0 Å². The number of rotatable bonds is 4. The average Bonchev–Trinajstić information content (AvgIpc) is 2.96. The lowest BCUT2D eigenvalue weighted by molar-refractivity contribution is -0.140. The molecule has 2 fully saturated rings. The lowest BCUT2D eigenvalue weighted by Gasteiger charge is -2.40. The van der Waals surface area contributed by atoms with Gasteiger partial charge in [-0.3, -0.25) is 19.6 Å². The van der Waals surface area contributed by atoms with Crippen LogP contribution in [-0.2, 0) is 16.1 Å². The summed E-state index contributed by atoms with van der Waals surface area (Å²) in [7, 11) is 0. The van der Waals surface area contributed by atoms with E-state index in [1.807, 2.05) is 29.2 Å². The molecule has 6 nitrogen and oxygen atoms in total. The van der Waals surface area contributed by atoms with Crippen LogP contribution in [0, 0.1) is 5.92 Å². The van der Waals surface area contributed by atoms with Gasteiger partial charge in [0, 0.05) is 63.3 Å². The van der Waals surface area contributed by atoms with Crippen LogP contribution >= 0.6 is 0 Å². The molecule has 0 spiro atoms. The highest BCUT2D eigenvalue weighted by atomic mass is 16.2. The molecule has 0 bridgehead atoms. The van der Waals surface area contributed by atoms with Gasteiger partial charge >= 0.3 is 0 Å². The van der Waals surface area contributed by atoms with Crippen molar-refractivity contribution in [3.8, 4) is 0 Å². The zero-order valence-electron chi connectivity index (χ0n) is 13.9. The highest BCUT2D eigenvalue weighted by molar-refractivity contribution is 5.89. The fourth-order valence-electron chi connectivity index (χ4n) is 3.57. The van der Waals surface area contributed by atoms with Gasteiger partial charge in [0.1, 0.15) is 0 Å². The van der Waals surface area contributed by atoms with Gasteiger partial charge in [-0.15, -0.1) is 0 Å². The lowest BCUT2D eigenvalue weighted by Crippen LogP contribution is -2.51. The van der Waals surface area contributed by atoms with Gasteiger partial charge in [0.2, 0.25) is 11.8 Å². The molecule has 4 rings (SSSR count). The summed E-state index contributed by atoms with van der Waals surface area (Å²) in [6, 6.07) is 7.81. The standard InChI is InChI=1S/C19H20N4O2/c24-18-8-16(11-22(18)10-14-2-1-5-21-9-14)19(25)23-12-17(13-23)15-3-6-20-7-4-15/h1-7,9,16-17H,8,10-13H2/t16-/m1/s1. The van der Waals surface area contributed by atoms with Crippen molar-refractivity contribution in [2.24, 2.45) is 5.92 Å². The van der Waals surface area contributed by atoms with E-state index in [1.165, 1.54) is 5.56 Å². The van der Waals surface area contributed by atoms with Crippen molar-refractivity contribution in [1.82, 2.24) is 19.8 Å². The first-order valence-corrected chi connectivity index (χ1v) is 8.56. The van der Waals surface area contributed by atoms with Gasteiger partial charge in [-0.1, -0.05) is 6.07 Å². The fraction of sp³-hybridized carbons (Fsp3) is 0.368. The number of carbonyl (C=O) groups is 2. The number of hydrogen-bond donors (Lipinski definition) is 0. The van der Waals surface area contributed by atoms with Gasteiger partial charge in [0.25, 0.3) is 0 Å². The molecule has 1 atom stereocenters. The number of nitrogens with zero attached hydrogens (tertiary/aromatic N) is 4. The Bertz CT molecular complexity index is 760. The second-order valence-corrected chi connectivity index (χ2v) is 6.76.